The number of rotatable bonds is 6. The number of carbonyl (C=O) groups excluding carboxylic acids is 1. The van der Waals surface area contributed by atoms with E-state index in [0.717, 1.165) is 41.5 Å². The second kappa shape index (κ2) is 9.94. The Labute approximate surface area is 221 Å². The number of carbonyl (C=O) groups is 1. The molecule has 1 aliphatic carbocycles. The highest BCUT2D eigenvalue weighted by molar-refractivity contribution is 6.34. The standard InChI is InChI=1S/C30H28ClN5O/c1-2-10-36-11-8-22(17-36)26-13-23(12-24-16-32-18-34-29(24)26)20-5-6-25(27(31)14-20)30(37)35-28-15-21(7-9-33-28)19-3-4-19/h2,5-7,9-10,12-16,18-19,22H,3-4,8,11,17H2,1H3,(H,33,35,37). The second-order valence-electron chi connectivity index (χ2n) is 9.89. The smallest absolute Gasteiger partial charge is 0.258 e. The van der Waals surface area contributed by atoms with Gasteiger partial charge in [0.05, 0.1) is 16.1 Å². The molecule has 1 amide bonds. The van der Waals surface area contributed by atoms with Crippen molar-refractivity contribution in [1.29, 1.82) is 0 Å². The third-order valence-corrected chi connectivity index (χ3v) is 7.59. The van der Waals surface area contributed by atoms with Crippen LogP contribution in [-0.4, -0.2) is 38.8 Å². The van der Waals surface area contributed by atoms with Crippen molar-refractivity contribution in [2.75, 3.05) is 18.4 Å². The molecule has 7 heteroatoms. The summed E-state index contributed by atoms with van der Waals surface area (Å²) < 4.78 is 0. The number of amides is 1. The molecular formula is C30H28ClN5O. The molecule has 1 atom stereocenters. The molecule has 186 valence electrons. The van der Waals surface area contributed by atoms with Crippen LogP contribution in [0.15, 0.2) is 73.5 Å². The number of likely N-dealkylation sites (tertiary alicyclic amines) is 1. The van der Waals surface area contributed by atoms with Crippen molar-refractivity contribution in [1.82, 2.24) is 19.9 Å². The molecule has 2 aromatic heterocycles. The molecule has 1 saturated heterocycles. The fourth-order valence-electron chi connectivity index (χ4n) is 5.25. The van der Waals surface area contributed by atoms with E-state index in [2.05, 4.69) is 49.6 Å². The second-order valence-corrected chi connectivity index (χ2v) is 10.3. The Bertz CT molecular complexity index is 1510. The van der Waals surface area contributed by atoms with E-state index in [9.17, 15) is 4.79 Å². The lowest BCUT2D eigenvalue weighted by molar-refractivity contribution is 0.102. The SMILES string of the molecule is CC=CN1CCC(c2cc(-c3ccc(C(=O)Nc4cc(C5CC5)ccn4)c(Cl)c3)cc3cncnc23)C1. The molecule has 0 spiro atoms. The number of fused-ring (bicyclic) bond motifs is 1. The van der Waals surface area contributed by atoms with Crippen molar-refractivity contribution in [3.05, 3.63) is 95.2 Å². The Morgan fingerprint density at radius 3 is 2.76 bits per heavy atom. The number of aromatic nitrogens is 3. The van der Waals surface area contributed by atoms with E-state index in [1.54, 1.807) is 18.6 Å². The largest absolute Gasteiger partial charge is 0.377 e. The summed E-state index contributed by atoms with van der Waals surface area (Å²) in [5, 5.41) is 4.31. The van der Waals surface area contributed by atoms with Gasteiger partial charge in [-0.05, 0) is 97.0 Å². The van der Waals surface area contributed by atoms with E-state index < -0.39 is 0 Å². The number of benzene rings is 2. The first kappa shape index (κ1) is 23.6. The highest BCUT2D eigenvalue weighted by atomic mass is 35.5. The van der Waals surface area contributed by atoms with E-state index in [1.807, 2.05) is 37.4 Å². The van der Waals surface area contributed by atoms with Crippen molar-refractivity contribution in [3.8, 4) is 11.1 Å². The summed E-state index contributed by atoms with van der Waals surface area (Å²) in [6.07, 6.45) is 12.9. The van der Waals surface area contributed by atoms with Gasteiger partial charge in [0, 0.05) is 36.8 Å². The van der Waals surface area contributed by atoms with Gasteiger partial charge < -0.3 is 10.2 Å². The van der Waals surface area contributed by atoms with Crippen LogP contribution in [0.1, 0.15) is 59.5 Å². The highest BCUT2D eigenvalue weighted by Gasteiger charge is 2.25. The first-order valence-electron chi connectivity index (χ1n) is 12.8. The minimum Gasteiger partial charge on any atom is -0.377 e. The van der Waals surface area contributed by atoms with E-state index in [4.69, 9.17) is 11.6 Å². The minimum atomic E-state index is -0.264. The third-order valence-electron chi connectivity index (χ3n) is 7.28. The Morgan fingerprint density at radius 2 is 1.95 bits per heavy atom. The zero-order valence-corrected chi connectivity index (χ0v) is 21.4. The first-order valence-corrected chi connectivity index (χ1v) is 13.1. The maximum absolute atomic E-state index is 13.0. The van der Waals surface area contributed by atoms with Gasteiger partial charge >= 0.3 is 0 Å². The molecular weight excluding hydrogens is 482 g/mol. The van der Waals surface area contributed by atoms with Gasteiger partial charge in [0.15, 0.2) is 0 Å². The van der Waals surface area contributed by atoms with Crippen molar-refractivity contribution in [2.24, 2.45) is 0 Å². The van der Waals surface area contributed by atoms with Crippen LogP contribution in [-0.2, 0) is 0 Å². The van der Waals surface area contributed by atoms with Crippen LogP contribution in [0.5, 0.6) is 0 Å². The van der Waals surface area contributed by atoms with Crippen LogP contribution < -0.4 is 5.32 Å². The van der Waals surface area contributed by atoms with Gasteiger partial charge in [0.25, 0.3) is 5.91 Å². The van der Waals surface area contributed by atoms with Crippen LogP contribution in [0.3, 0.4) is 0 Å². The van der Waals surface area contributed by atoms with Gasteiger partial charge in [-0.3, -0.25) is 4.79 Å². The maximum Gasteiger partial charge on any atom is 0.258 e. The number of anilines is 1. The van der Waals surface area contributed by atoms with E-state index >= 15 is 0 Å². The molecule has 1 saturated carbocycles. The fraction of sp³-hybridized carbons (Fsp3) is 0.267. The summed E-state index contributed by atoms with van der Waals surface area (Å²) in [6.45, 7) is 4.04. The van der Waals surface area contributed by atoms with Gasteiger partial charge in [-0.2, -0.15) is 0 Å². The molecule has 2 aromatic carbocycles. The van der Waals surface area contributed by atoms with E-state index in [-0.39, 0.29) is 5.91 Å². The Hall–Kier alpha value is -3.77. The van der Waals surface area contributed by atoms with Gasteiger partial charge in [-0.15, -0.1) is 0 Å². The van der Waals surface area contributed by atoms with Gasteiger partial charge in [0.1, 0.15) is 12.1 Å². The summed E-state index contributed by atoms with van der Waals surface area (Å²) in [6, 6.07) is 13.9. The molecule has 0 radical (unpaired) electrons. The van der Waals surface area contributed by atoms with Crippen LogP contribution in [0.25, 0.3) is 22.0 Å². The summed E-state index contributed by atoms with van der Waals surface area (Å²) >= 11 is 6.65. The van der Waals surface area contributed by atoms with Gasteiger partial charge in [0.2, 0.25) is 0 Å². The predicted octanol–water partition coefficient (Wildman–Crippen LogP) is 6.80. The summed E-state index contributed by atoms with van der Waals surface area (Å²) in [5.74, 6) is 1.26. The number of pyridine rings is 1. The number of nitrogens with zero attached hydrogens (tertiary/aromatic N) is 4. The molecule has 0 bridgehead atoms. The van der Waals surface area contributed by atoms with E-state index in [1.165, 1.54) is 24.0 Å². The number of nitrogens with one attached hydrogen (secondary N) is 1. The third kappa shape index (κ3) is 4.94. The highest BCUT2D eigenvalue weighted by Crippen LogP contribution is 2.40. The molecule has 4 aromatic rings. The number of hydrogen-bond donors (Lipinski definition) is 1. The molecule has 2 aliphatic rings. The number of hydrogen-bond acceptors (Lipinski definition) is 5. The Morgan fingerprint density at radius 1 is 1.05 bits per heavy atom. The fourth-order valence-corrected chi connectivity index (χ4v) is 5.51. The molecule has 1 unspecified atom stereocenters. The lowest BCUT2D eigenvalue weighted by Crippen LogP contribution is -2.13. The molecule has 2 fully saturated rings. The first-order chi connectivity index (χ1) is 18.1. The van der Waals surface area contributed by atoms with Gasteiger partial charge in [-0.1, -0.05) is 23.7 Å². The lowest BCUT2D eigenvalue weighted by atomic mass is 9.91. The maximum atomic E-state index is 13.0. The normalized spacial score (nSPS) is 17.6. The lowest BCUT2D eigenvalue weighted by Gasteiger charge is -2.16. The van der Waals surface area contributed by atoms with Crippen molar-refractivity contribution < 1.29 is 4.79 Å². The van der Waals surface area contributed by atoms with Crippen LogP contribution >= 0.6 is 11.6 Å². The predicted molar refractivity (Wildman–Crippen MR) is 148 cm³/mol. The molecule has 1 aliphatic heterocycles. The van der Waals surface area contributed by atoms with Crippen LogP contribution in [0, 0.1) is 0 Å². The minimum absolute atomic E-state index is 0.264. The molecule has 6 rings (SSSR count). The molecule has 6 nitrogen and oxygen atoms in total. The van der Waals surface area contributed by atoms with Gasteiger partial charge in [-0.25, -0.2) is 15.0 Å². The molecule has 37 heavy (non-hydrogen) atoms. The zero-order chi connectivity index (χ0) is 25.4. The Balaban J connectivity index is 1.29. The Kier molecular flexibility index (Phi) is 6.35. The average Bonchev–Trinajstić information content (AvgIpc) is 3.67. The number of halogens is 1. The molecule has 3 heterocycles. The van der Waals surface area contributed by atoms with Crippen molar-refractivity contribution in [2.45, 2.75) is 38.0 Å². The summed E-state index contributed by atoms with van der Waals surface area (Å²) in [4.78, 5) is 28.5. The molecule has 1 N–H and O–H groups in total. The summed E-state index contributed by atoms with van der Waals surface area (Å²) in [7, 11) is 0. The topological polar surface area (TPSA) is 71.0 Å². The van der Waals surface area contributed by atoms with Crippen molar-refractivity contribution in [3.63, 3.8) is 0 Å². The quantitative estimate of drug-likeness (QED) is 0.309. The summed E-state index contributed by atoms with van der Waals surface area (Å²) in [5.41, 5.74) is 5.85. The van der Waals surface area contributed by atoms with Crippen molar-refractivity contribution >= 4 is 34.2 Å². The zero-order valence-electron chi connectivity index (χ0n) is 20.7. The van der Waals surface area contributed by atoms with E-state index in [0.29, 0.717) is 28.2 Å². The average molecular weight is 510 g/mol. The van der Waals surface area contributed by atoms with Crippen LogP contribution in [0.2, 0.25) is 5.02 Å². The monoisotopic (exact) mass is 509 g/mol. The van der Waals surface area contributed by atoms with Crippen LogP contribution in [0.4, 0.5) is 5.82 Å². The number of allylic oxidation sites excluding steroid dienone is 1.